The molecule has 2 aliphatic rings. The first-order chi connectivity index (χ1) is 5.47. The molecule has 0 aromatic rings. The molecule has 0 aliphatic carbocycles. The van der Waals surface area contributed by atoms with Crippen LogP contribution in [-0.4, -0.2) is 25.2 Å². The first-order valence-corrected chi connectivity index (χ1v) is 4.60. The van der Waals surface area contributed by atoms with Crippen molar-refractivity contribution < 1.29 is 0 Å². The molecule has 2 heterocycles. The second-order valence-electron chi connectivity index (χ2n) is 3.42. The zero-order chi connectivity index (χ0) is 7.52. The van der Waals surface area contributed by atoms with Crippen LogP contribution in [0.2, 0.25) is 0 Å². The molecule has 2 aliphatic heterocycles. The van der Waals surface area contributed by atoms with Gasteiger partial charge in [-0.05, 0) is 19.4 Å². The summed E-state index contributed by atoms with van der Waals surface area (Å²) in [5.74, 6) is 0. The van der Waals surface area contributed by atoms with Gasteiger partial charge in [-0.25, -0.2) is 0 Å². The van der Waals surface area contributed by atoms with E-state index in [4.69, 9.17) is 0 Å². The highest BCUT2D eigenvalue weighted by molar-refractivity contribution is 5.07. The van der Waals surface area contributed by atoms with Crippen LogP contribution in [0.1, 0.15) is 19.3 Å². The zero-order valence-electron chi connectivity index (χ0n) is 6.84. The van der Waals surface area contributed by atoms with Gasteiger partial charge in [-0.15, -0.1) is 0 Å². The van der Waals surface area contributed by atoms with Crippen LogP contribution in [0.4, 0.5) is 0 Å². The first kappa shape index (κ1) is 7.32. The Morgan fingerprint density at radius 3 is 2.82 bits per heavy atom. The lowest BCUT2D eigenvalue weighted by Gasteiger charge is -2.28. The van der Waals surface area contributed by atoms with Crippen molar-refractivity contribution in [3.05, 3.63) is 12.2 Å². The lowest BCUT2D eigenvalue weighted by atomic mass is 9.99. The van der Waals surface area contributed by atoms with Gasteiger partial charge in [0.15, 0.2) is 0 Å². The average molecular weight is 152 g/mol. The minimum Gasteiger partial charge on any atom is -0.312 e. The molecule has 0 amide bonds. The maximum Gasteiger partial charge on any atom is 0.0408 e. The number of rotatable bonds is 1. The molecule has 11 heavy (non-hydrogen) atoms. The fourth-order valence-corrected chi connectivity index (χ4v) is 1.95. The molecule has 0 bridgehead atoms. The van der Waals surface area contributed by atoms with E-state index in [2.05, 4.69) is 22.8 Å². The van der Waals surface area contributed by atoms with E-state index in [1.165, 1.54) is 25.8 Å². The van der Waals surface area contributed by atoms with Gasteiger partial charge in [0.1, 0.15) is 0 Å². The monoisotopic (exact) mass is 152 g/mol. The van der Waals surface area contributed by atoms with Crippen LogP contribution in [0.5, 0.6) is 0 Å². The second-order valence-corrected chi connectivity index (χ2v) is 3.42. The average Bonchev–Trinajstić information content (AvgIpc) is 2.58. The fourth-order valence-electron chi connectivity index (χ4n) is 1.95. The molecular formula is C9H16N2. The molecule has 62 valence electrons. The van der Waals surface area contributed by atoms with Gasteiger partial charge in [-0.2, -0.15) is 0 Å². The van der Waals surface area contributed by atoms with Gasteiger partial charge >= 0.3 is 0 Å². The van der Waals surface area contributed by atoms with Gasteiger partial charge in [-0.1, -0.05) is 18.6 Å². The van der Waals surface area contributed by atoms with E-state index in [1.54, 1.807) is 0 Å². The summed E-state index contributed by atoms with van der Waals surface area (Å²) >= 11 is 0. The second kappa shape index (κ2) is 3.37. The summed E-state index contributed by atoms with van der Waals surface area (Å²) in [5, 5.41) is 7.00. The third-order valence-electron chi connectivity index (χ3n) is 2.60. The van der Waals surface area contributed by atoms with Crippen molar-refractivity contribution in [2.45, 2.75) is 31.3 Å². The van der Waals surface area contributed by atoms with E-state index < -0.39 is 0 Å². The molecule has 2 heteroatoms. The van der Waals surface area contributed by atoms with Crippen LogP contribution >= 0.6 is 0 Å². The molecule has 1 saturated heterocycles. The Morgan fingerprint density at radius 2 is 2.18 bits per heavy atom. The molecule has 1 fully saturated rings. The van der Waals surface area contributed by atoms with Gasteiger partial charge < -0.3 is 10.6 Å². The van der Waals surface area contributed by atoms with E-state index in [0.717, 1.165) is 6.54 Å². The van der Waals surface area contributed by atoms with Crippen LogP contribution in [0.3, 0.4) is 0 Å². The number of hydrogen-bond donors (Lipinski definition) is 2. The van der Waals surface area contributed by atoms with Gasteiger partial charge in [0.2, 0.25) is 0 Å². The van der Waals surface area contributed by atoms with Crippen molar-refractivity contribution in [2.24, 2.45) is 0 Å². The van der Waals surface area contributed by atoms with Crippen LogP contribution in [0.25, 0.3) is 0 Å². The van der Waals surface area contributed by atoms with Crippen LogP contribution < -0.4 is 10.6 Å². The van der Waals surface area contributed by atoms with Crippen molar-refractivity contribution in [3.8, 4) is 0 Å². The minimum absolute atomic E-state index is 0.607. The third-order valence-corrected chi connectivity index (χ3v) is 2.60. The summed E-state index contributed by atoms with van der Waals surface area (Å²) in [4.78, 5) is 0. The van der Waals surface area contributed by atoms with Crippen molar-refractivity contribution in [3.63, 3.8) is 0 Å². The van der Waals surface area contributed by atoms with Crippen LogP contribution in [0, 0.1) is 0 Å². The minimum atomic E-state index is 0.607. The first-order valence-electron chi connectivity index (χ1n) is 4.60. The highest BCUT2D eigenvalue weighted by Crippen LogP contribution is 2.12. The number of hydrogen-bond acceptors (Lipinski definition) is 2. The quantitative estimate of drug-likeness (QED) is 0.539. The predicted octanol–water partition coefficient (Wildman–Crippen LogP) is 0.656. The lowest BCUT2D eigenvalue weighted by molar-refractivity contribution is 0.356. The van der Waals surface area contributed by atoms with Gasteiger partial charge in [0, 0.05) is 18.6 Å². The van der Waals surface area contributed by atoms with E-state index >= 15 is 0 Å². The molecule has 0 saturated carbocycles. The summed E-state index contributed by atoms with van der Waals surface area (Å²) in [5.41, 5.74) is 0. The van der Waals surface area contributed by atoms with Crippen molar-refractivity contribution in [1.29, 1.82) is 0 Å². The van der Waals surface area contributed by atoms with Gasteiger partial charge in [-0.3, -0.25) is 0 Å². The highest BCUT2D eigenvalue weighted by atomic mass is 15.0. The lowest BCUT2D eigenvalue weighted by Crippen LogP contribution is -2.47. The van der Waals surface area contributed by atoms with Crippen LogP contribution in [0.15, 0.2) is 12.2 Å². The summed E-state index contributed by atoms with van der Waals surface area (Å²) in [6.07, 6.45) is 8.60. The predicted molar refractivity (Wildman–Crippen MR) is 46.6 cm³/mol. The molecule has 0 radical (unpaired) electrons. The summed E-state index contributed by atoms with van der Waals surface area (Å²) < 4.78 is 0. The van der Waals surface area contributed by atoms with E-state index in [1.807, 2.05) is 0 Å². The number of piperidine rings is 1. The fraction of sp³-hybridized carbons (Fsp3) is 0.778. The maximum absolute atomic E-state index is 3.55. The molecule has 0 aromatic heterocycles. The molecular weight excluding hydrogens is 136 g/mol. The Balaban J connectivity index is 1.87. The molecule has 2 N–H and O–H groups in total. The van der Waals surface area contributed by atoms with Crippen molar-refractivity contribution in [1.82, 2.24) is 10.6 Å². The molecule has 0 aromatic carbocycles. The Labute approximate surface area is 68.1 Å². The molecule has 2 atom stereocenters. The van der Waals surface area contributed by atoms with Gasteiger partial charge in [0.25, 0.3) is 0 Å². The normalized spacial score (nSPS) is 37.8. The SMILES string of the molecule is C1=CC(C2CCCCN2)NC1. The van der Waals surface area contributed by atoms with E-state index in [0.29, 0.717) is 12.1 Å². The molecule has 2 rings (SSSR count). The Morgan fingerprint density at radius 1 is 1.18 bits per heavy atom. The van der Waals surface area contributed by atoms with E-state index in [9.17, 15) is 0 Å². The standard InChI is InChI=1S/C9H16N2/c1-2-6-10-8(4-1)9-5-3-7-11-9/h3,5,8-11H,1-2,4,6-7H2. The topological polar surface area (TPSA) is 24.1 Å². The smallest absolute Gasteiger partial charge is 0.0408 e. The Kier molecular flexibility index (Phi) is 2.24. The molecule has 2 nitrogen and oxygen atoms in total. The Bertz CT molecular complexity index is 148. The molecule has 2 unspecified atom stereocenters. The van der Waals surface area contributed by atoms with E-state index in [-0.39, 0.29) is 0 Å². The van der Waals surface area contributed by atoms with Crippen molar-refractivity contribution in [2.75, 3.05) is 13.1 Å². The summed E-state index contributed by atoms with van der Waals surface area (Å²) in [7, 11) is 0. The Hall–Kier alpha value is -0.340. The zero-order valence-corrected chi connectivity index (χ0v) is 6.84. The summed E-state index contributed by atoms with van der Waals surface area (Å²) in [6, 6.07) is 1.30. The maximum atomic E-state index is 3.55. The number of nitrogens with one attached hydrogen (secondary N) is 2. The third kappa shape index (κ3) is 1.63. The van der Waals surface area contributed by atoms with Crippen LogP contribution in [-0.2, 0) is 0 Å². The van der Waals surface area contributed by atoms with Gasteiger partial charge in [0.05, 0.1) is 0 Å². The molecule has 0 spiro atoms. The van der Waals surface area contributed by atoms with Crippen molar-refractivity contribution >= 4 is 0 Å². The summed E-state index contributed by atoms with van der Waals surface area (Å²) in [6.45, 7) is 2.26. The largest absolute Gasteiger partial charge is 0.312 e. The highest BCUT2D eigenvalue weighted by Gasteiger charge is 2.21.